The number of carboxylic acids is 1. The fourth-order valence-corrected chi connectivity index (χ4v) is 1.50. The van der Waals surface area contributed by atoms with Crippen molar-refractivity contribution in [3.8, 4) is 12.1 Å². The van der Waals surface area contributed by atoms with E-state index in [4.69, 9.17) is 15.6 Å². The van der Waals surface area contributed by atoms with Crippen LogP contribution in [0.25, 0.3) is 6.08 Å². The number of nitrogens with zero attached hydrogens (tertiary/aromatic N) is 2. The first kappa shape index (κ1) is 16.7. The summed E-state index contributed by atoms with van der Waals surface area (Å²) in [6.07, 6.45) is 1.57. The molecule has 0 fully saturated rings. The van der Waals surface area contributed by atoms with Gasteiger partial charge in [0.05, 0.1) is 5.56 Å². The van der Waals surface area contributed by atoms with E-state index in [0.29, 0.717) is 5.56 Å². The highest BCUT2D eigenvalue weighted by molar-refractivity contribution is 5.87. The molecule has 4 nitrogen and oxygen atoms in total. The Morgan fingerprint density at radius 1 is 1.00 bits per heavy atom. The summed E-state index contributed by atoms with van der Waals surface area (Å²) >= 11 is 0. The minimum Gasteiger partial charge on any atom is -0.478 e. The number of carbonyl (C=O) groups is 1. The zero-order valence-electron chi connectivity index (χ0n) is 12.0. The quantitative estimate of drug-likeness (QED) is 0.852. The highest BCUT2D eigenvalue weighted by Gasteiger charge is 1.96. The molecule has 0 amide bonds. The van der Waals surface area contributed by atoms with Crippen molar-refractivity contribution in [1.29, 1.82) is 10.5 Å². The highest BCUT2D eigenvalue weighted by Crippen LogP contribution is 2.07. The lowest BCUT2D eigenvalue weighted by molar-refractivity contribution is 0.0697. The number of aromatic carboxylic acids is 1. The number of hydrogen-bond donors (Lipinski definition) is 1. The van der Waals surface area contributed by atoms with Gasteiger partial charge in [0, 0.05) is 0 Å². The van der Waals surface area contributed by atoms with Crippen molar-refractivity contribution in [2.45, 2.75) is 6.92 Å². The van der Waals surface area contributed by atoms with Crippen LogP contribution in [0.5, 0.6) is 0 Å². The molecule has 1 N–H and O–H groups in total. The van der Waals surface area contributed by atoms with Crippen LogP contribution in [0.1, 0.15) is 21.5 Å². The third-order valence-corrected chi connectivity index (χ3v) is 2.65. The minimum absolute atomic E-state index is 0.129. The van der Waals surface area contributed by atoms with Crippen molar-refractivity contribution in [3.05, 3.63) is 76.9 Å². The molecule has 22 heavy (non-hydrogen) atoms. The van der Waals surface area contributed by atoms with Gasteiger partial charge in [0.1, 0.15) is 17.7 Å². The van der Waals surface area contributed by atoms with Crippen molar-refractivity contribution >= 4 is 12.0 Å². The summed E-state index contributed by atoms with van der Waals surface area (Å²) in [4.78, 5) is 10.2. The Hall–Kier alpha value is -3.37. The van der Waals surface area contributed by atoms with Crippen molar-refractivity contribution in [3.63, 3.8) is 0 Å². The van der Waals surface area contributed by atoms with Gasteiger partial charge in [-0.15, -0.1) is 0 Å². The third kappa shape index (κ3) is 5.73. The van der Waals surface area contributed by atoms with Crippen LogP contribution in [0.4, 0.5) is 0 Å². The first-order valence-corrected chi connectivity index (χ1v) is 6.43. The number of hydrogen-bond acceptors (Lipinski definition) is 3. The second-order valence-electron chi connectivity index (χ2n) is 4.36. The lowest BCUT2D eigenvalue weighted by atomic mass is 10.1. The van der Waals surface area contributed by atoms with E-state index in [9.17, 15) is 4.79 Å². The number of carboxylic acid groups (broad SMARTS) is 1. The molecule has 0 radical (unpaired) electrons. The summed E-state index contributed by atoms with van der Waals surface area (Å²) in [7, 11) is 0. The zero-order valence-corrected chi connectivity index (χ0v) is 12.0. The van der Waals surface area contributed by atoms with E-state index in [0.717, 1.165) is 11.1 Å². The molecule has 2 rings (SSSR count). The van der Waals surface area contributed by atoms with Crippen LogP contribution in [0.2, 0.25) is 0 Å². The maximum absolute atomic E-state index is 10.2. The Kier molecular flexibility index (Phi) is 6.62. The first-order valence-electron chi connectivity index (χ1n) is 6.43. The molecule has 0 aliphatic heterocycles. The SMILES string of the molecule is Cc1ccc(C=C(C#N)C#N)cc1.O=C(O)c1ccccc1. The molecular formula is C18H14N2O2. The number of nitriles is 2. The Morgan fingerprint density at radius 3 is 1.95 bits per heavy atom. The van der Waals surface area contributed by atoms with E-state index in [2.05, 4.69) is 0 Å². The number of allylic oxidation sites excluding steroid dienone is 1. The van der Waals surface area contributed by atoms with Crippen LogP contribution in [-0.2, 0) is 0 Å². The van der Waals surface area contributed by atoms with Crippen LogP contribution in [-0.4, -0.2) is 11.1 Å². The van der Waals surface area contributed by atoms with Crippen molar-refractivity contribution in [1.82, 2.24) is 0 Å². The van der Waals surface area contributed by atoms with Gasteiger partial charge >= 0.3 is 5.97 Å². The molecule has 0 aromatic heterocycles. The Bertz CT molecular complexity index is 717. The standard InChI is InChI=1S/C11H8N2.C7H6O2/c1-9-2-4-10(5-3-9)6-11(7-12)8-13;8-7(9)6-4-2-1-3-5-6/h2-6H,1H3;1-5H,(H,8,9). The van der Waals surface area contributed by atoms with Crippen molar-refractivity contribution in [2.75, 3.05) is 0 Å². The van der Waals surface area contributed by atoms with Crippen molar-refractivity contribution in [2.24, 2.45) is 0 Å². The predicted octanol–water partition coefficient (Wildman–Crippen LogP) is 3.81. The van der Waals surface area contributed by atoms with Gasteiger partial charge in [-0.2, -0.15) is 10.5 Å². The van der Waals surface area contributed by atoms with Gasteiger partial charge in [0.2, 0.25) is 0 Å². The maximum Gasteiger partial charge on any atom is 0.335 e. The topological polar surface area (TPSA) is 84.9 Å². The molecule has 0 spiro atoms. The molecular weight excluding hydrogens is 276 g/mol. The van der Waals surface area contributed by atoms with Crippen LogP contribution in [0.15, 0.2) is 60.2 Å². The number of rotatable bonds is 2. The molecule has 0 saturated heterocycles. The molecule has 108 valence electrons. The maximum atomic E-state index is 10.2. The molecule has 0 unspecified atom stereocenters. The molecule has 4 heteroatoms. The van der Waals surface area contributed by atoms with E-state index >= 15 is 0 Å². The molecule has 2 aromatic rings. The molecule has 0 atom stereocenters. The van der Waals surface area contributed by atoms with Crippen molar-refractivity contribution < 1.29 is 9.90 Å². The number of aryl methyl sites for hydroxylation is 1. The van der Waals surface area contributed by atoms with Gasteiger partial charge in [0.15, 0.2) is 0 Å². The monoisotopic (exact) mass is 290 g/mol. The van der Waals surface area contributed by atoms with Crippen LogP contribution in [0, 0.1) is 29.6 Å². The van der Waals surface area contributed by atoms with Gasteiger partial charge < -0.3 is 5.11 Å². The minimum atomic E-state index is -0.879. The van der Waals surface area contributed by atoms with Gasteiger partial charge in [0.25, 0.3) is 0 Å². The Balaban J connectivity index is 0.000000235. The summed E-state index contributed by atoms with van der Waals surface area (Å²) < 4.78 is 0. The predicted molar refractivity (Wildman–Crippen MR) is 83.8 cm³/mol. The van der Waals surface area contributed by atoms with Gasteiger partial charge in [-0.25, -0.2) is 4.79 Å². The number of benzene rings is 2. The van der Waals surface area contributed by atoms with Gasteiger partial charge in [-0.1, -0.05) is 48.0 Å². The van der Waals surface area contributed by atoms with E-state index in [1.807, 2.05) is 43.3 Å². The van der Waals surface area contributed by atoms with Gasteiger partial charge in [-0.3, -0.25) is 0 Å². The average molecular weight is 290 g/mol. The summed E-state index contributed by atoms with van der Waals surface area (Å²) in [5, 5.41) is 25.4. The fourth-order valence-electron chi connectivity index (χ4n) is 1.50. The molecule has 0 aliphatic carbocycles. The molecule has 0 aliphatic rings. The summed E-state index contributed by atoms with van der Waals surface area (Å²) in [6.45, 7) is 1.99. The summed E-state index contributed by atoms with van der Waals surface area (Å²) in [6, 6.07) is 19.6. The Labute approximate surface area is 129 Å². The van der Waals surface area contributed by atoms with E-state index in [1.54, 1.807) is 36.4 Å². The van der Waals surface area contributed by atoms with Gasteiger partial charge in [-0.05, 0) is 30.7 Å². The summed E-state index contributed by atoms with van der Waals surface area (Å²) in [5.74, 6) is -0.879. The first-order chi connectivity index (χ1) is 10.6. The second kappa shape index (κ2) is 8.73. The average Bonchev–Trinajstić information content (AvgIpc) is 2.56. The Morgan fingerprint density at radius 2 is 1.55 bits per heavy atom. The third-order valence-electron chi connectivity index (χ3n) is 2.65. The van der Waals surface area contributed by atoms with E-state index < -0.39 is 5.97 Å². The zero-order chi connectivity index (χ0) is 16.4. The van der Waals surface area contributed by atoms with Crippen LogP contribution >= 0.6 is 0 Å². The lowest BCUT2D eigenvalue weighted by Gasteiger charge is -1.93. The smallest absolute Gasteiger partial charge is 0.335 e. The lowest BCUT2D eigenvalue weighted by Crippen LogP contribution is -1.93. The summed E-state index contributed by atoms with van der Waals surface area (Å²) in [5.41, 5.74) is 2.50. The molecule has 0 heterocycles. The fraction of sp³-hybridized carbons (Fsp3) is 0.0556. The van der Waals surface area contributed by atoms with E-state index in [1.165, 1.54) is 0 Å². The van der Waals surface area contributed by atoms with Crippen LogP contribution < -0.4 is 0 Å². The van der Waals surface area contributed by atoms with E-state index in [-0.39, 0.29) is 5.57 Å². The largest absolute Gasteiger partial charge is 0.478 e. The molecule has 0 bridgehead atoms. The molecule has 0 saturated carbocycles. The molecule has 2 aromatic carbocycles. The normalized spacial score (nSPS) is 8.50. The van der Waals surface area contributed by atoms with Crippen LogP contribution in [0.3, 0.4) is 0 Å². The highest BCUT2D eigenvalue weighted by atomic mass is 16.4. The second-order valence-corrected chi connectivity index (χ2v) is 4.36.